The summed E-state index contributed by atoms with van der Waals surface area (Å²) in [5.74, 6) is -0.846. The number of carbonyl (C=O) groups is 2. The minimum Gasteiger partial charge on any atom is -0.480 e. The molecule has 1 fully saturated rings. The third-order valence-electron chi connectivity index (χ3n) is 2.82. The van der Waals surface area contributed by atoms with Gasteiger partial charge in [0.2, 0.25) is 5.91 Å². The molecule has 1 aliphatic rings. The number of hydrogen-bond donors (Lipinski definition) is 2. The molecule has 0 bridgehead atoms. The van der Waals surface area contributed by atoms with Crippen molar-refractivity contribution in [2.45, 2.75) is 45.3 Å². The quantitative estimate of drug-likeness (QED) is 0.705. The lowest BCUT2D eigenvalue weighted by Crippen LogP contribution is -2.41. The summed E-state index contributed by atoms with van der Waals surface area (Å²) in [5.41, 5.74) is 0. The largest absolute Gasteiger partial charge is 0.480 e. The highest BCUT2D eigenvalue weighted by Gasteiger charge is 2.31. The molecule has 16 heavy (non-hydrogen) atoms. The standard InChI is InChI=1S/C11H19NO4/c1-3-16-9-4-8(5-9)6-10(13)12-7(2)11(14)15/h7-9H,3-6H2,1-2H3,(H,12,13)(H,14,15)/t7-,8?,9?/m1/s1. The number of rotatable bonds is 6. The van der Waals surface area contributed by atoms with Gasteiger partial charge in [0.1, 0.15) is 6.04 Å². The predicted molar refractivity (Wildman–Crippen MR) is 58.0 cm³/mol. The number of carboxylic acid groups (broad SMARTS) is 1. The molecule has 0 heterocycles. The van der Waals surface area contributed by atoms with Crippen LogP contribution in [0.3, 0.4) is 0 Å². The third-order valence-corrected chi connectivity index (χ3v) is 2.82. The molecule has 0 aromatic rings. The SMILES string of the molecule is CCOC1CC(CC(=O)N[C@H](C)C(=O)O)C1. The van der Waals surface area contributed by atoms with E-state index in [0.717, 1.165) is 12.8 Å². The van der Waals surface area contributed by atoms with Crippen LogP contribution in [0.15, 0.2) is 0 Å². The topological polar surface area (TPSA) is 75.6 Å². The van der Waals surface area contributed by atoms with Crippen molar-refractivity contribution in [1.82, 2.24) is 5.32 Å². The van der Waals surface area contributed by atoms with Crippen LogP contribution in [0.25, 0.3) is 0 Å². The molecule has 2 N–H and O–H groups in total. The highest BCUT2D eigenvalue weighted by Crippen LogP contribution is 2.32. The van der Waals surface area contributed by atoms with E-state index in [-0.39, 0.29) is 5.91 Å². The van der Waals surface area contributed by atoms with Crippen LogP contribution in [-0.2, 0) is 14.3 Å². The van der Waals surface area contributed by atoms with Gasteiger partial charge >= 0.3 is 5.97 Å². The summed E-state index contributed by atoms with van der Waals surface area (Å²) in [7, 11) is 0. The molecule has 1 saturated carbocycles. The van der Waals surface area contributed by atoms with Crippen molar-refractivity contribution in [3.8, 4) is 0 Å². The fraction of sp³-hybridized carbons (Fsp3) is 0.818. The van der Waals surface area contributed by atoms with E-state index in [1.165, 1.54) is 6.92 Å². The summed E-state index contributed by atoms with van der Waals surface area (Å²) < 4.78 is 5.38. The summed E-state index contributed by atoms with van der Waals surface area (Å²) >= 11 is 0. The lowest BCUT2D eigenvalue weighted by Gasteiger charge is -2.34. The molecule has 1 aliphatic carbocycles. The molecule has 5 nitrogen and oxygen atoms in total. The molecule has 0 unspecified atom stereocenters. The van der Waals surface area contributed by atoms with Gasteiger partial charge in [0.15, 0.2) is 0 Å². The summed E-state index contributed by atoms with van der Waals surface area (Å²) in [6, 6.07) is -0.810. The summed E-state index contributed by atoms with van der Waals surface area (Å²) in [6.45, 7) is 4.12. The third kappa shape index (κ3) is 3.81. The zero-order valence-corrected chi connectivity index (χ0v) is 9.73. The van der Waals surface area contributed by atoms with E-state index >= 15 is 0 Å². The number of ether oxygens (including phenoxy) is 1. The molecule has 1 amide bonds. The molecule has 0 spiro atoms. The van der Waals surface area contributed by atoms with Gasteiger partial charge in [-0.15, -0.1) is 0 Å². The van der Waals surface area contributed by atoms with E-state index in [1.54, 1.807) is 0 Å². The Balaban J connectivity index is 2.15. The molecule has 1 rings (SSSR count). The van der Waals surface area contributed by atoms with E-state index in [4.69, 9.17) is 9.84 Å². The van der Waals surface area contributed by atoms with Crippen LogP contribution in [0.2, 0.25) is 0 Å². The lowest BCUT2D eigenvalue weighted by molar-refractivity contribution is -0.141. The van der Waals surface area contributed by atoms with Gasteiger partial charge in [-0.3, -0.25) is 9.59 Å². The van der Waals surface area contributed by atoms with Gasteiger partial charge in [-0.05, 0) is 32.6 Å². The maximum Gasteiger partial charge on any atom is 0.325 e. The van der Waals surface area contributed by atoms with Gasteiger partial charge in [0.25, 0.3) is 0 Å². The first kappa shape index (κ1) is 13.0. The van der Waals surface area contributed by atoms with E-state index in [9.17, 15) is 9.59 Å². The van der Waals surface area contributed by atoms with Crippen molar-refractivity contribution in [2.24, 2.45) is 5.92 Å². The van der Waals surface area contributed by atoms with Gasteiger partial charge in [-0.1, -0.05) is 0 Å². The maximum atomic E-state index is 11.4. The normalized spacial score (nSPS) is 25.6. The molecule has 0 aliphatic heterocycles. The number of carbonyl (C=O) groups excluding carboxylic acids is 1. The van der Waals surface area contributed by atoms with Crippen LogP contribution in [0.1, 0.15) is 33.1 Å². The molecule has 92 valence electrons. The van der Waals surface area contributed by atoms with E-state index in [2.05, 4.69) is 5.32 Å². The maximum absolute atomic E-state index is 11.4. The van der Waals surface area contributed by atoms with Crippen LogP contribution >= 0.6 is 0 Å². The second kappa shape index (κ2) is 5.84. The van der Waals surface area contributed by atoms with Crippen molar-refractivity contribution in [3.63, 3.8) is 0 Å². The predicted octanol–water partition coefficient (Wildman–Crippen LogP) is 0.781. The van der Waals surface area contributed by atoms with E-state index < -0.39 is 12.0 Å². The number of aliphatic carboxylic acids is 1. The minimum atomic E-state index is -1.01. The van der Waals surface area contributed by atoms with Crippen molar-refractivity contribution >= 4 is 11.9 Å². The van der Waals surface area contributed by atoms with Crippen LogP contribution in [0.4, 0.5) is 0 Å². The highest BCUT2D eigenvalue weighted by molar-refractivity contribution is 5.83. The Morgan fingerprint density at radius 2 is 2.12 bits per heavy atom. The van der Waals surface area contributed by atoms with E-state index in [1.807, 2.05) is 6.92 Å². The molecular formula is C11H19NO4. The van der Waals surface area contributed by atoms with Crippen LogP contribution < -0.4 is 5.32 Å². The Morgan fingerprint density at radius 3 is 2.62 bits per heavy atom. The van der Waals surface area contributed by atoms with Crippen molar-refractivity contribution in [1.29, 1.82) is 0 Å². The Morgan fingerprint density at radius 1 is 1.50 bits per heavy atom. The molecule has 1 atom stereocenters. The first-order chi connectivity index (χ1) is 7.52. The van der Waals surface area contributed by atoms with Gasteiger partial charge in [0.05, 0.1) is 6.10 Å². The fourth-order valence-corrected chi connectivity index (χ4v) is 1.84. The molecule has 0 saturated heterocycles. The lowest BCUT2D eigenvalue weighted by atomic mass is 9.80. The van der Waals surface area contributed by atoms with Crippen LogP contribution in [0, 0.1) is 5.92 Å². The van der Waals surface area contributed by atoms with Gasteiger partial charge in [-0.25, -0.2) is 0 Å². The molecular weight excluding hydrogens is 210 g/mol. The van der Waals surface area contributed by atoms with Crippen LogP contribution in [0.5, 0.6) is 0 Å². The zero-order chi connectivity index (χ0) is 12.1. The fourth-order valence-electron chi connectivity index (χ4n) is 1.84. The Labute approximate surface area is 95.2 Å². The average Bonchev–Trinajstić information content (AvgIpc) is 2.14. The Kier molecular flexibility index (Phi) is 4.73. The molecule has 0 aromatic carbocycles. The highest BCUT2D eigenvalue weighted by atomic mass is 16.5. The average molecular weight is 229 g/mol. The number of carboxylic acids is 1. The van der Waals surface area contributed by atoms with Gasteiger partial charge in [0, 0.05) is 13.0 Å². The second-order valence-electron chi connectivity index (χ2n) is 4.25. The Bertz CT molecular complexity index is 261. The van der Waals surface area contributed by atoms with Gasteiger partial charge in [-0.2, -0.15) is 0 Å². The van der Waals surface area contributed by atoms with Crippen LogP contribution in [-0.4, -0.2) is 35.7 Å². The molecule has 0 aromatic heterocycles. The smallest absolute Gasteiger partial charge is 0.325 e. The second-order valence-corrected chi connectivity index (χ2v) is 4.25. The van der Waals surface area contributed by atoms with Gasteiger partial charge < -0.3 is 15.2 Å². The zero-order valence-electron chi connectivity index (χ0n) is 9.73. The first-order valence-corrected chi connectivity index (χ1v) is 5.66. The van der Waals surface area contributed by atoms with Crippen molar-refractivity contribution in [3.05, 3.63) is 0 Å². The molecule has 5 heteroatoms. The summed E-state index contributed by atoms with van der Waals surface area (Å²) in [5, 5.41) is 11.1. The van der Waals surface area contributed by atoms with Crippen molar-refractivity contribution < 1.29 is 19.4 Å². The van der Waals surface area contributed by atoms with Crippen molar-refractivity contribution in [2.75, 3.05) is 6.61 Å². The van der Waals surface area contributed by atoms with E-state index in [0.29, 0.717) is 25.0 Å². The number of hydrogen-bond acceptors (Lipinski definition) is 3. The first-order valence-electron chi connectivity index (χ1n) is 5.66. The molecule has 0 radical (unpaired) electrons. The monoisotopic (exact) mass is 229 g/mol. The minimum absolute atomic E-state index is 0.185. The Hall–Kier alpha value is -1.10. The number of nitrogens with one attached hydrogen (secondary N) is 1. The summed E-state index contributed by atoms with van der Waals surface area (Å²) in [4.78, 5) is 21.9. The summed E-state index contributed by atoms with van der Waals surface area (Å²) in [6.07, 6.45) is 2.51. The number of amides is 1.